The summed E-state index contributed by atoms with van der Waals surface area (Å²) in [7, 11) is 0. The van der Waals surface area contributed by atoms with Gasteiger partial charge in [-0.05, 0) is 23.3 Å². The maximum atomic E-state index is 11.1. The fourth-order valence-electron chi connectivity index (χ4n) is 2.42. The monoisotopic (exact) mass is 270 g/mol. The summed E-state index contributed by atoms with van der Waals surface area (Å²) in [6.45, 7) is 0.216. The number of carboxylic acid groups (broad SMARTS) is 1. The van der Waals surface area contributed by atoms with Crippen LogP contribution in [-0.2, 0) is 4.79 Å². The van der Waals surface area contributed by atoms with Crippen molar-refractivity contribution in [1.29, 1.82) is 0 Å². The van der Waals surface area contributed by atoms with Gasteiger partial charge in [0.05, 0.1) is 6.42 Å². The van der Waals surface area contributed by atoms with E-state index in [0.717, 1.165) is 11.1 Å². The van der Waals surface area contributed by atoms with Crippen LogP contribution in [0.15, 0.2) is 48.5 Å². The summed E-state index contributed by atoms with van der Waals surface area (Å²) in [5, 5.41) is 9.14. The molecule has 20 heavy (non-hydrogen) atoms. The molecule has 0 radical (unpaired) electrons. The average Bonchev–Trinajstić information content (AvgIpc) is 2.93. The molecule has 2 aromatic carbocycles. The Bertz CT molecular complexity index is 622. The minimum Gasteiger partial charge on any atom is -0.481 e. The molecule has 2 aromatic rings. The van der Waals surface area contributed by atoms with Gasteiger partial charge in [-0.1, -0.05) is 36.4 Å². The summed E-state index contributed by atoms with van der Waals surface area (Å²) in [6.07, 6.45) is 0.0453. The Kier molecular flexibility index (Phi) is 3.29. The molecule has 1 heterocycles. The Morgan fingerprint density at radius 3 is 2.55 bits per heavy atom. The van der Waals surface area contributed by atoms with Crippen molar-refractivity contribution < 1.29 is 19.4 Å². The van der Waals surface area contributed by atoms with E-state index >= 15 is 0 Å². The number of benzene rings is 2. The molecule has 4 heteroatoms. The van der Waals surface area contributed by atoms with Crippen LogP contribution in [0.1, 0.15) is 23.5 Å². The summed E-state index contributed by atoms with van der Waals surface area (Å²) in [6, 6.07) is 15.2. The molecule has 1 atom stereocenters. The minimum absolute atomic E-state index is 0.0453. The maximum absolute atomic E-state index is 11.1. The second-order valence-corrected chi connectivity index (χ2v) is 4.67. The molecule has 1 aliphatic rings. The van der Waals surface area contributed by atoms with Crippen molar-refractivity contribution in [2.24, 2.45) is 0 Å². The SMILES string of the molecule is O=C(O)C[C@@H](c1ccccc1)c1ccc2c(c1)OCO2. The highest BCUT2D eigenvalue weighted by molar-refractivity contribution is 5.69. The highest BCUT2D eigenvalue weighted by Crippen LogP contribution is 2.37. The maximum Gasteiger partial charge on any atom is 0.304 e. The zero-order valence-electron chi connectivity index (χ0n) is 10.8. The second kappa shape index (κ2) is 5.25. The molecule has 0 saturated carbocycles. The van der Waals surface area contributed by atoms with Crippen molar-refractivity contribution in [2.75, 3.05) is 6.79 Å². The average molecular weight is 270 g/mol. The molecule has 0 fully saturated rings. The molecular formula is C16H14O4. The quantitative estimate of drug-likeness (QED) is 0.927. The third kappa shape index (κ3) is 2.45. The van der Waals surface area contributed by atoms with E-state index in [1.54, 1.807) is 0 Å². The van der Waals surface area contributed by atoms with E-state index < -0.39 is 5.97 Å². The van der Waals surface area contributed by atoms with Gasteiger partial charge in [-0.15, -0.1) is 0 Å². The van der Waals surface area contributed by atoms with Crippen LogP contribution >= 0.6 is 0 Å². The summed E-state index contributed by atoms with van der Waals surface area (Å²) >= 11 is 0. The highest BCUT2D eigenvalue weighted by Gasteiger charge is 2.21. The molecule has 0 saturated heterocycles. The molecule has 0 unspecified atom stereocenters. The van der Waals surface area contributed by atoms with Crippen molar-refractivity contribution in [1.82, 2.24) is 0 Å². The van der Waals surface area contributed by atoms with Crippen LogP contribution in [0, 0.1) is 0 Å². The van der Waals surface area contributed by atoms with Gasteiger partial charge in [-0.25, -0.2) is 0 Å². The van der Waals surface area contributed by atoms with Gasteiger partial charge in [0, 0.05) is 5.92 Å². The van der Waals surface area contributed by atoms with E-state index in [1.807, 2.05) is 48.5 Å². The van der Waals surface area contributed by atoms with Gasteiger partial charge < -0.3 is 14.6 Å². The smallest absolute Gasteiger partial charge is 0.304 e. The zero-order valence-corrected chi connectivity index (χ0v) is 10.8. The van der Waals surface area contributed by atoms with E-state index in [9.17, 15) is 4.79 Å². The lowest BCUT2D eigenvalue weighted by atomic mass is 9.88. The number of carboxylic acids is 1. The highest BCUT2D eigenvalue weighted by atomic mass is 16.7. The van der Waals surface area contributed by atoms with Crippen molar-refractivity contribution in [3.8, 4) is 11.5 Å². The fraction of sp³-hybridized carbons (Fsp3) is 0.188. The Hall–Kier alpha value is -2.49. The number of hydrogen-bond acceptors (Lipinski definition) is 3. The van der Waals surface area contributed by atoms with Crippen molar-refractivity contribution in [3.05, 3.63) is 59.7 Å². The Morgan fingerprint density at radius 2 is 1.80 bits per heavy atom. The third-order valence-corrected chi connectivity index (χ3v) is 3.38. The summed E-state index contributed by atoms with van der Waals surface area (Å²) in [5.41, 5.74) is 1.90. The van der Waals surface area contributed by atoms with Gasteiger partial charge in [0.1, 0.15) is 0 Å². The summed E-state index contributed by atoms with van der Waals surface area (Å²) in [5.74, 6) is 0.365. The molecule has 0 spiro atoms. The third-order valence-electron chi connectivity index (χ3n) is 3.38. The van der Waals surface area contributed by atoms with Crippen LogP contribution in [0.5, 0.6) is 11.5 Å². The number of rotatable bonds is 4. The number of hydrogen-bond donors (Lipinski definition) is 1. The minimum atomic E-state index is -0.823. The van der Waals surface area contributed by atoms with Gasteiger partial charge >= 0.3 is 5.97 Å². The van der Waals surface area contributed by atoms with E-state index in [1.165, 1.54) is 0 Å². The lowest BCUT2D eigenvalue weighted by Gasteiger charge is -2.16. The predicted molar refractivity (Wildman–Crippen MR) is 73.1 cm³/mol. The van der Waals surface area contributed by atoms with Gasteiger partial charge in [-0.2, -0.15) is 0 Å². The molecule has 0 aromatic heterocycles. The van der Waals surface area contributed by atoms with Crippen LogP contribution in [0.4, 0.5) is 0 Å². The van der Waals surface area contributed by atoms with Crippen LogP contribution in [0.3, 0.4) is 0 Å². The van der Waals surface area contributed by atoms with Gasteiger partial charge in [-0.3, -0.25) is 4.79 Å². The van der Waals surface area contributed by atoms with Crippen molar-refractivity contribution in [3.63, 3.8) is 0 Å². The summed E-state index contributed by atoms with van der Waals surface area (Å²) in [4.78, 5) is 11.1. The van der Waals surface area contributed by atoms with E-state index in [4.69, 9.17) is 14.6 Å². The van der Waals surface area contributed by atoms with Gasteiger partial charge in [0.15, 0.2) is 11.5 Å². The molecule has 102 valence electrons. The van der Waals surface area contributed by atoms with E-state index in [-0.39, 0.29) is 19.1 Å². The zero-order chi connectivity index (χ0) is 13.9. The van der Waals surface area contributed by atoms with Crippen LogP contribution < -0.4 is 9.47 Å². The van der Waals surface area contributed by atoms with E-state index in [0.29, 0.717) is 11.5 Å². The molecule has 1 N–H and O–H groups in total. The van der Waals surface area contributed by atoms with Crippen LogP contribution in [-0.4, -0.2) is 17.9 Å². The fourth-order valence-corrected chi connectivity index (χ4v) is 2.42. The van der Waals surface area contributed by atoms with Crippen LogP contribution in [0.2, 0.25) is 0 Å². The molecule has 3 rings (SSSR count). The Labute approximate surface area is 116 Å². The normalized spacial score (nSPS) is 14.0. The summed E-state index contributed by atoms with van der Waals surface area (Å²) < 4.78 is 10.6. The molecule has 0 aliphatic carbocycles. The molecule has 0 bridgehead atoms. The number of fused-ring (bicyclic) bond motifs is 1. The lowest BCUT2D eigenvalue weighted by Crippen LogP contribution is -2.07. The molecule has 4 nitrogen and oxygen atoms in total. The van der Waals surface area contributed by atoms with Crippen LogP contribution in [0.25, 0.3) is 0 Å². The first kappa shape index (κ1) is 12.5. The number of ether oxygens (including phenoxy) is 2. The Balaban J connectivity index is 1.99. The molecular weight excluding hydrogens is 256 g/mol. The van der Waals surface area contributed by atoms with Crippen molar-refractivity contribution >= 4 is 5.97 Å². The number of aliphatic carboxylic acids is 1. The Morgan fingerprint density at radius 1 is 1.05 bits per heavy atom. The number of carbonyl (C=O) groups is 1. The molecule has 1 aliphatic heterocycles. The van der Waals surface area contributed by atoms with E-state index in [2.05, 4.69) is 0 Å². The largest absolute Gasteiger partial charge is 0.481 e. The predicted octanol–water partition coefficient (Wildman–Crippen LogP) is 3.02. The van der Waals surface area contributed by atoms with Crippen molar-refractivity contribution in [2.45, 2.75) is 12.3 Å². The standard InChI is InChI=1S/C16H14O4/c17-16(18)9-13(11-4-2-1-3-5-11)12-6-7-14-15(8-12)20-10-19-14/h1-8,13H,9-10H2,(H,17,18)/t13-/m0/s1. The first-order valence-corrected chi connectivity index (χ1v) is 6.40. The molecule has 0 amide bonds. The first-order valence-electron chi connectivity index (χ1n) is 6.40. The van der Waals surface area contributed by atoms with Gasteiger partial charge in [0.2, 0.25) is 6.79 Å². The topological polar surface area (TPSA) is 55.8 Å². The second-order valence-electron chi connectivity index (χ2n) is 4.67. The first-order chi connectivity index (χ1) is 9.74. The lowest BCUT2D eigenvalue weighted by molar-refractivity contribution is -0.137. The van der Waals surface area contributed by atoms with Gasteiger partial charge in [0.25, 0.3) is 0 Å².